The van der Waals surface area contributed by atoms with Gasteiger partial charge in [-0.15, -0.1) is 5.10 Å². The minimum atomic E-state index is 0.338. The second-order valence-electron chi connectivity index (χ2n) is 7.89. The molecule has 0 spiro atoms. The summed E-state index contributed by atoms with van der Waals surface area (Å²) >= 11 is 0. The maximum Gasteiger partial charge on any atom is 0.242 e. The van der Waals surface area contributed by atoms with Gasteiger partial charge in [0.25, 0.3) is 0 Å². The van der Waals surface area contributed by atoms with Crippen molar-refractivity contribution in [2.45, 2.75) is 44.2 Å². The molecule has 2 aliphatic heterocycles. The van der Waals surface area contributed by atoms with E-state index in [4.69, 9.17) is 10.1 Å². The Labute approximate surface area is 153 Å². The molecule has 5 rings (SSSR count). The molecule has 1 saturated heterocycles. The molecule has 0 amide bonds. The Morgan fingerprint density at radius 2 is 1.85 bits per heavy atom. The first-order valence-electron chi connectivity index (χ1n) is 9.72. The fraction of sp³-hybridized carbons (Fsp3) is 0.550. The van der Waals surface area contributed by atoms with E-state index in [0.29, 0.717) is 23.8 Å². The number of benzene rings is 1. The van der Waals surface area contributed by atoms with Crippen LogP contribution in [0, 0.1) is 23.3 Å². The van der Waals surface area contributed by atoms with Crippen LogP contribution in [0.4, 0.5) is 5.95 Å². The average molecular weight is 348 g/mol. The molecule has 26 heavy (non-hydrogen) atoms. The molecule has 4 atom stereocenters. The summed E-state index contributed by atoms with van der Waals surface area (Å²) < 4.78 is 2.09. The van der Waals surface area contributed by atoms with Gasteiger partial charge in [0.1, 0.15) is 5.82 Å². The smallest absolute Gasteiger partial charge is 0.242 e. The summed E-state index contributed by atoms with van der Waals surface area (Å²) in [5.41, 5.74) is 1.33. The highest BCUT2D eigenvalue weighted by molar-refractivity contribution is 5.33. The number of aromatic nitrogens is 3. The number of nitriles is 1. The highest BCUT2D eigenvalue weighted by Crippen LogP contribution is 2.39. The average Bonchev–Trinajstić information content (AvgIpc) is 3.19. The van der Waals surface area contributed by atoms with Crippen LogP contribution in [0.5, 0.6) is 0 Å². The number of likely N-dealkylation sites (tertiary alicyclic amines) is 1. The van der Waals surface area contributed by atoms with Crippen LogP contribution in [0.25, 0.3) is 0 Å². The van der Waals surface area contributed by atoms with Crippen molar-refractivity contribution in [1.82, 2.24) is 19.7 Å². The molecule has 1 aromatic heterocycles. The third kappa shape index (κ3) is 2.63. The summed E-state index contributed by atoms with van der Waals surface area (Å²) in [5.74, 6) is 3.25. The van der Waals surface area contributed by atoms with E-state index >= 15 is 0 Å². The second-order valence-corrected chi connectivity index (χ2v) is 7.89. The van der Waals surface area contributed by atoms with Crippen LogP contribution in [-0.2, 0) is 6.54 Å². The topological polar surface area (TPSA) is 69.8 Å². The molecule has 1 aliphatic carbocycles. The Morgan fingerprint density at radius 1 is 1.08 bits per heavy atom. The van der Waals surface area contributed by atoms with Gasteiger partial charge in [-0.2, -0.15) is 10.2 Å². The Bertz CT molecular complexity index is 809. The lowest BCUT2D eigenvalue weighted by molar-refractivity contribution is 0.217. The molecular formula is C20H24N6. The highest BCUT2D eigenvalue weighted by atomic mass is 15.4. The molecule has 2 aromatic rings. The monoisotopic (exact) mass is 348 g/mol. The number of aryl methyl sites for hydroxylation is 1. The zero-order valence-corrected chi connectivity index (χ0v) is 14.9. The van der Waals surface area contributed by atoms with Gasteiger partial charge < -0.3 is 10.2 Å². The van der Waals surface area contributed by atoms with Crippen LogP contribution in [0.3, 0.4) is 0 Å². The van der Waals surface area contributed by atoms with Crippen LogP contribution < -0.4 is 5.32 Å². The minimum absolute atomic E-state index is 0.338. The van der Waals surface area contributed by atoms with Gasteiger partial charge in [-0.1, -0.05) is 30.3 Å². The minimum Gasteiger partial charge on any atom is -0.350 e. The Kier molecular flexibility index (Phi) is 3.81. The van der Waals surface area contributed by atoms with Crippen molar-refractivity contribution in [1.29, 1.82) is 5.26 Å². The van der Waals surface area contributed by atoms with Crippen LogP contribution in [-0.4, -0.2) is 38.8 Å². The first-order chi connectivity index (χ1) is 12.8. The SMILES string of the molecule is N#CN1C[C@H]2CC[C@@H](C1)[C@@H]2Nc1nc2n(n1)CCCC2c1ccccc1. The third-order valence-electron chi connectivity index (χ3n) is 6.35. The van der Waals surface area contributed by atoms with Crippen molar-refractivity contribution in [3.8, 4) is 6.19 Å². The molecule has 3 aliphatic rings. The molecule has 6 heteroatoms. The number of fused-ring (bicyclic) bond motifs is 3. The molecule has 2 fully saturated rings. The Morgan fingerprint density at radius 3 is 2.58 bits per heavy atom. The lowest BCUT2D eigenvalue weighted by Gasteiger charge is -2.35. The quantitative estimate of drug-likeness (QED) is 0.864. The fourth-order valence-electron chi connectivity index (χ4n) is 5.10. The molecular weight excluding hydrogens is 324 g/mol. The Balaban J connectivity index is 1.38. The summed E-state index contributed by atoms with van der Waals surface area (Å²) in [6, 6.07) is 11.1. The van der Waals surface area contributed by atoms with Gasteiger partial charge >= 0.3 is 0 Å². The number of hydrogen-bond donors (Lipinski definition) is 1. The summed E-state index contributed by atoms with van der Waals surface area (Å²) in [6.07, 6.45) is 6.99. The standard InChI is InChI=1S/C20H24N6/c21-13-25-11-15-8-9-16(12-25)18(15)22-20-23-19-17(7-4-10-26(19)24-20)14-5-2-1-3-6-14/h1-3,5-6,15-18H,4,7-12H2,(H,22,24)/t15-,16+,17?,18-. The van der Waals surface area contributed by atoms with Crippen molar-refractivity contribution < 1.29 is 0 Å². The molecule has 6 nitrogen and oxygen atoms in total. The predicted octanol–water partition coefficient (Wildman–Crippen LogP) is 2.81. The maximum atomic E-state index is 9.21. The van der Waals surface area contributed by atoms with Crippen molar-refractivity contribution in [3.63, 3.8) is 0 Å². The highest BCUT2D eigenvalue weighted by Gasteiger charge is 2.42. The first-order valence-corrected chi connectivity index (χ1v) is 9.72. The van der Waals surface area contributed by atoms with Gasteiger partial charge in [-0.3, -0.25) is 0 Å². The second kappa shape index (κ2) is 6.31. The van der Waals surface area contributed by atoms with E-state index in [2.05, 4.69) is 46.5 Å². The molecule has 2 bridgehead atoms. The van der Waals surface area contributed by atoms with E-state index in [-0.39, 0.29) is 0 Å². The van der Waals surface area contributed by atoms with E-state index in [0.717, 1.165) is 44.2 Å². The van der Waals surface area contributed by atoms with Gasteiger partial charge in [-0.25, -0.2) is 4.68 Å². The molecule has 134 valence electrons. The Hall–Kier alpha value is -2.55. The lowest BCUT2D eigenvalue weighted by atomic mass is 9.91. The van der Waals surface area contributed by atoms with Gasteiger partial charge in [0.05, 0.1) is 0 Å². The largest absolute Gasteiger partial charge is 0.350 e. The van der Waals surface area contributed by atoms with Gasteiger partial charge in [0.15, 0.2) is 6.19 Å². The third-order valence-corrected chi connectivity index (χ3v) is 6.35. The van der Waals surface area contributed by atoms with E-state index in [1.165, 1.54) is 18.4 Å². The first kappa shape index (κ1) is 15.7. The number of rotatable bonds is 3. The number of nitrogens with one attached hydrogen (secondary N) is 1. The van der Waals surface area contributed by atoms with Crippen molar-refractivity contribution >= 4 is 5.95 Å². The van der Waals surface area contributed by atoms with E-state index in [1.807, 2.05) is 4.90 Å². The van der Waals surface area contributed by atoms with Crippen molar-refractivity contribution in [2.75, 3.05) is 18.4 Å². The van der Waals surface area contributed by atoms with Gasteiger partial charge in [-0.05, 0) is 43.1 Å². The maximum absolute atomic E-state index is 9.21. The van der Waals surface area contributed by atoms with Crippen LogP contribution in [0.1, 0.15) is 43.0 Å². The van der Waals surface area contributed by atoms with Crippen LogP contribution in [0.2, 0.25) is 0 Å². The van der Waals surface area contributed by atoms with E-state index < -0.39 is 0 Å². The van der Waals surface area contributed by atoms with Crippen LogP contribution >= 0.6 is 0 Å². The van der Waals surface area contributed by atoms with Crippen LogP contribution in [0.15, 0.2) is 30.3 Å². The van der Waals surface area contributed by atoms with E-state index in [1.54, 1.807) is 0 Å². The molecule has 0 radical (unpaired) electrons. The number of anilines is 1. The van der Waals surface area contributed by atoms with Gasteiger partial charge in [0.2, 0.25) is 5.95 Å². The summed E-state index contributed by atoms with van der Waals surface area (Å²) in [6.45, 7) is 2.68. The lowest BCUT2D eigenvalue weighted by Crippen LogP contribution is -2.46. The summed E-state index contributed by atoms with van der Waals surface area (Å²) in [4.78, 5) is 6.81. The number of nitrogens with zero attached hydrogens (tertiary/aromatic N) is 5. The summed E-state index contributed by atoms with van der Waals surface area (Å²) in [5, 5.41) is 17.6. The molecule has 1 saturated carbocycles. The molecule has 3 heterocycles. The summed E-state index contributed by atoms with van der Waals surface area (Å²) in [7, 11) is 0. The zero-order valence-electron chi connectivity index (χ0n) is 14.9. The zero-order chi connectivity index (χ0) is 17.5. The predicted molar refractivity (Wildman–Crippen MR) is 98.4 cm³/mol. The van der Waals surface area contributed by atoms with Crippen molar-refractivity contribution in [3.05, 3.63) is 41.7 Å². The fourth-order valence-corrected chi connectivity index (χ4v) is 5.10. The number of hydrogen-bond acceptors (Lipinski definition) is 5. The van der Waals surface area contributed by atoms with Gasteiger partial charge in [0, 0.05) is 31.6 Å². The number of piperidine rings is 1. The molecule has 1 aromatic carbocycles. The molecule has 1 N–H and O–H groups in total. The molecule has 1 unspecified atom stereocenters. The van der Waals surface area contributed by atoms with Crippen molar-refractivity contribution in [2.24, 2.45) is 11.8 Å². The normalized spacial score (nSPS) is 29.9. The van der Waals surface area contributed by atoms with E-state index in [9.17, 15) is 5.26 Å².